The number of rotatable bonds is 3. The van der Waals surface area contributed by atoms with Crippen LogP contribution >= 0.6 is 0 Å². The van der Waals surface area contributed by atoms with Gasteiger partial charge in [-0.05, 0) is 31.9 Å². The predicted molar refractivity (Wildman–Crippen MR) is 80.1 cm³/mol. The highest BCUT2D eigenvalue weighted by Gasteiger charge is 2.25. The van der Waals surface area contributed by atoms with Gasteiger partial charge in [0.15, 0.2) is 0 Å². The van der Waals surface area contributed by atoms with Crippen molar-refractivity contribution >= 4 is 5.91 Å². The summed E-state index contributed by atoms with van der Waals surface area (Å²) in [5.74, 6) is 0.0526. The average Bonchev–Trinajstić information content (AvgIpc) is 2.48. The molecule has 1 saturated heterocycles. The van der Waals surface area contributed by atoms with Crippen LogP contribution in [-0.2, 0) is 0 Å². The van der Waals surface area contributed by atoms with Crippen LogP contribution in [0.5, 0.6) is 5.75 Å². The third kappa shape index (κ3) is 2.96. The van der Waals surface area contributed by atoms with Crippen molar-refractivity contribution in [3.05, 3.63) is 29.3 Å². The second-order valence-corrected chi connectivity index (χ2v) is 5.56. The fraction of sp³-hybridized carbons (Fsp3) is 0.562. The Morgan fingerprint density at radius 1 is 1.30 bits per heavy atom. The van der Waals surface area contributed by atoms with E-state index in [9.17, 15) is 9.90 Å². The molecule has 2 rings (SSSR count). The Balaban J connectivity index is 2.03. The molecular formula is C16H24N2O2. The van der Waals surface area contributed by atoms with Crippen LogP contribution in [0.15, 0.2) is 18.2 Å². The second-order valence-electron chi connectivity index (χ2n) is 5.56. The van der Waals surface area contributed by atoms with Crippen LogP contribution in [0.1, 0.15) is 36.2 Å². The Labute approximate surface area is 121 Å². The molecule has 1 aromatic carbocycles. The van der Waals surface area contributed by atoms with Gasteiger partial charge in [-0.2, -0.15) is 0 Å². The standard InChI is InChI=1S/C16H24N2O2/c1-4-13(3)17-8-10-18(11-9-17)16(20)14-7-5-6-12(2)15(14)19/h5-7,13,19H,4,8-11H2,1-3H3. The fourth-order valence-corrected chi connectivity index (χ4v) is 2.63. The summed E-state index contributed by atoms with van der Waals surface area (Å²) in [4.78, 5) is 16.7. The van der Waals surface area contributed by atoms with Crippen LogP contribution in [0, 0.1) is 6.92 Å². The van der Waals surface area contributed by atoms with Gasteiger partial charge in [-0.15, -0.1) is 0 Å². The molecule has 1 amide bonds. The van der Waals surface area contributed by atoms with Crippen LogP contribution in [-0.4, -0.2) is 53.0 Å². The molecule has 0 bridgehead atoms. The molecule has 1 aliphatic heterocycles. The third-order valence-corrected chi connectivity index (χ3v) is 4.28. The largest absolute Gasteiger partial charge is 0.507 e. The molecule has 1 N–H and O–H groups in total. The number of phenolic OH excluding ortho intramolecular Hbond substituents is 1. The Hall–Kier alpha value is -1.55. The minimum atomic E-state index is -0.0602. The number of nitrogens with zero attached hydrogens (tertiary/aromatic N) is 2. The van der Waals surface area contributed by atoms with Crippen molar-refractivity contribution in [3.8, 4) is 5.75 Å². The molecule has 1 unspecified atom stereocenters. The number of carbonyl (C=O) groups is 1. The van der Waals surface area contributed by atoms with E-state index < -0.39 is 0 Å². The summed E-state index contributed by atoms with van der Waals surface area (Å²) in [6.07, 6.45) is 1.13. The van der Waals surface area contributed by atoms with Crippen LogP contribution in [0.2, 0.25) is 0 Å². The maximum absolute atomic E-state index is 12.5. The van der Waals surface area contributed by atoms with Crippen molar-refractivity contribution in [3.63, 3.8) is 0 Å². The van der Waals surface area contributed by atoms with Crippen LogP contribution in [0.25, 0.3) is 0 Å². The molecule has 0 saturated carbocycles. The molecule has 0 aliphatic carbocycles. The zero-order valence-corrected chi connectivity index (χ0v) is 12.6. The zero-order valence-electron chi connectivity index (χ0n) is 12.6. The minimum absolute atomic E-state index is 0.0602. The van der Waals surface area contributed by atoms with E-state index in [1.807, 2.05) is 24.0 Å². The van der Waals surface area contributed by atoms with Gasteiger partial charge in [-0.25, -0.2) is 0 Å². The maximum atomic E-state index is 12.5. The van der Waals surface area contributed by atoms with Gasteiger partial charge in [0.2, 0.25) is 0 Å². The summed E-state index contributed by atoms with van der Waals surface area (Å²) in [6, 6.07) is 5.90. The van der Waals surface area contributed by atoms with E-state index in [2.05, 4.69) is 18.7 Å². The molecule has 0 radical (unpaired) electrons. The van der Waals surface area contributed by atoms with Gasteiger partial charge >= 0.3 is 0 Å². The topological polar surface area (TPSA) is 43.8 Å². The number of phenols is 1. The molecule has 1 aliphatic rings. The summed E-state index contributed by atoms with van der Waals surface area (Å²) < 4.78 is 0. The van der Waals surface area contributed by atoms with Gasteiger partial charge in [0.25, 0.3) is 5.91 Å². The van der Waals surface area contributed by atoms with Crippen LogP contribution in [0.4, 0.5) is 0 Å². The van der Waals surface area contributed by atoms with Crippen molar-refractivity contribution in [2.24, 2.45) is 0 Å². The molecule has 20 heavy (non-hydrogen) atoms. The lowest BCUT2D eigenvalue weighted by atomic mass is 10.1. The number of hydrogen-bond donors (Lipinski definition) is 1. The van der Waals surface area contributed by atoms with Gasteiger partial charge in [0.1, 0.15) is 5.75 Å². The Kier molecular flexibility index (Phi) is 4.65. The van der Waals surface area contributed by atoms with E-state index in [-0.39, 0.29) is 11.7 Å². The fourth-order valence-electron chi connectivity index (χ4n) is 2.63. The highest BCUT2D eigenvalue weighted by Crippen LogP contribution is 2.23. The summed E-state index contributed by atoms with van der Waals surface area (Å²) in [5, 5.41) is 10.0. The Morgan fingerprint density at radius 3 is 2.55 bits per heavy atom. The number of piperazine rings is 1. The second kappa shape index (κ2) is 6.27. The summed E-state index contributed by atoms with van der Waals surface area (Å²) in [6.45, 7) is 9.51. The lowest BCUT2D eigenvalue weighted by molar-refractivity contribution is 0.0577. The Bertz CT molecular complexity index is 479. The number of benzene rings is 1. The summed E-state index contributed by atoms with van der Waals surface area (Å²) in [5.41, 5.74) is 1.16. The van der Waals surface area contributed by atoms with Gasteiger partial charge in [-0.3, -0.25) is 9.69 Å². The lowest BCUT2D eigenvalue weighted by Gasteiger charge is -2.37. The van der Waals surface area contributed by atoms with Gasteiger partial charge in [0, 0.05) is 32.2 Å². The number of amides is 1. The average molecular weight is 276 g/mol. The SMILES string of the molecule is CCC(C)N1CCN(C(=O)c2cccc(C)c2O)CC1. The van der Waals surface area contributed by atoms with Gasteiger partial charge in [-0.1, -0.05) is 19.1 Å². The summed E-state index contributed by atoms with van der Waals surface area (Å²) in [7, 11) is 0. The van der Waals surface area contributed by atoms with Gasteiger partial charge in [0.05, 0.1) is 5.56 Å². The molecule has 1 aromatic rings. The molecular weight excluding hydrogens is 252 g/mol. The van der Waals surface area contributed by atoms with E-state index in [4.69, 9.17) is 0 Å². The predicted octanol–water partition coefficient (Wildman–Crippen LogP) is 2.26. The van der Waals surface area contributed by atoms with Crippen molar-refractivity contribution in [2.45, 2.75) is 33.2 Å². The zero-order chi connectivity index (χ0) is 14.7. The first-order valence-electron chi connectivity index (χ1n) is 7.36. The number of aromatic hydroxyl groups is 1. The monoisotopic (exact) mass is 276 g/mol. The molecule has 0 aromatic heterocycles. The van der Waals surface area contributed by atoms with Crippen molar-refractivity contribution in [1.29, 1.82) is 0 Å². The smallest absolute Gasteiger partial charge is 0.257 e. The molecule has 4 nitrogen and oxygen atoms in total. The lowest BCUT2D eigenvalue weighted by Crippen LogP contribution is -2.51. The molecule has 1 heterocycles. The van der Waals surface area contributed by atoms with E-state index in [1.165, 1.54) is 0 Å². The normalized spacial score (nSPS) is 18.1. The number of aryl methyl sites for hydroxylation is 1. The molecule has 1 atom stereocenters. The van der Waals surface area contributed by atoms with E-state index in [1.54, 1.807) is 6.07 Å². The molecule has 0 spiro atoms. The Morgan fingerprint density at radius 2 is 1.95 bits per heavy atom. The van der Waals surface area contributed by atoms with Gasteiger partial charge < -0.3 is 10.0 Å². The van der Waals surface area contributed by atoms with E-state index >= 15 is 0 Å². The maximum Gasteiger partial charge on any atom is 0.257 e. The number of para-hydroxylation sites is 1. The summed E-state index contributed by atoms with van der Waals surface area (Å²) >= 11 is 0. The molecule has 4 heteroatoms. The van der Waals surface area contributed by atoms with Crippen molar-refractivity contribution < 1.29 is 9.90 Å². The van der Waals surface area contributed by atoms with Crippen molar-refractivity contribution in [1.82, 2.24) is 9.80 Å². The highest BCUT2D eigenvalue weighted by atomic mass is 16.3. The minimum Gasteiger partial charge on any atom is -0.507 e. The van der Waals surface area contributed by atoms with Crippen LogP contribution in [0.3, 0.4) is 0 Å². The van der Waals surface area contributed by atoms with Crippen molar-refractivity contribution in [2.75, 3.05) is 26.2 Å². The first kappa shape index (κ1) is 14.9. The van der Waals surface area contributed by atoms with E-state index in [0.717, 1.165) is 38.2 Å². The highest BCUT2D eigenvalue weighted by molar-refractivity contribution is 5.97. The molecule has 110 valence electrons. The first-order valence-corrected chi connectivity index (χ1v) is 7.36. The number of carbonyl (C=O) groups excluding carboxylic acids is 1. The third-order valence-electron chi connectivity index (χ3n) is 4.28. The number of hydrogen-bond acceptors (Lipinski definition) is 3. The van der Waals surface area contributed by atoms with E-state index in [0.29, 0.717) is 11.6 Å². The first-order chi connectivity index (χ1) is 9.54. The van der Waals surface area contributed by atoms with Crippen LogP contribution < -0.4 is 0 Å². The quantitative estimate of drug-likeness (QED) is 0.921. The molecule has 1 fully saturated rings.